The largest absolute Gasteiger partial charge is 0.478 e. The average Bonchev–Trinajstić information content (AvgIpc) is 2.49. The van der Waals surface area contributed by atoms with Gasteiger partial charge in [-0.25, -0.2) is 4.79 Å². The molecule has 0 spiro atoms. The zero-order chi connectivity index (χ0) is 15.7. The molecule has 0 saturated heterocycles. The molecule has 0 aromatic heterocycles. The highest BCUT2D eigenvalue weighted by molar-refractivity contribution is 5.85. The lowest BCUT2D eigenvalue weighted by molar-refractivity contribution is -0.131. The Labute approximate surface area is 124 Å². The Kier molecular flexibility index (Phi) is 7.18. The Morgan fingerprint density at radius 2 is 2.00 bits per heavy atom. The first-order valence-electron chi connectivity index (χ1n) is 6.80. The molecular formula is C16H21NO4. The number of carbonyl (C=O) groups is 2. The van der Waals surface area contributed by atoms with Crippen LogP contribution in [-0.2, 0) is 20.9 Å². The average molecular weight is 291 g/mol. The fourth-order valence-corrected chi connectivity index (χ4v) is 1.66. The molecule has 1 aromatic carbocycles. The summed E-state index contributed by atoms with van der Waals surface area (Å²) >= 11 is 0. The fourth-order valence-electron chi connectivity index (χ4n) is 1.66. The number of methoxy groups -OCH3 is 1. The minimum Gasteiger partial charge on any atom is -0.478 e. The van der Waals surface area contributed by atoms with Crippen molar-refractivity contribution in [2.75, 3.05) is 7.11 Å². The van der Waals surface area contributed by atoms with Gasteiger partial charge in [-0.15, -0.1) is 0 Å². The molecule has 1 atom stereocenters. The predicted molar refractivity (Wildman–Crippen MR) is 80.7 cm³/mol. The number of nitrogens with one attached hydrogen (secondary N) is 1. The molecule has 1 rings (SSSR count). The summed E-state index contributed by atoms with van der Waals surface area (Å²) in [5, 5.41) is 11.4. The topological polar surface area (TPSA) is 75.6 Å². The summed E-state index contributed by atoms with van der Waals surface area (Å²) in [6, 6.07) is 7.35. The maximum Gasteiger partial charge on any atom is 0.328 e. The second kappa shape index (κ2) is 8.92. The molecule has 0 aliphatic heterocycles. The number of ether oxygens (including phenoxy) is 1. The van der Waals surface area contributed by atoms with Gasteiger partial charge in [0.2, 0.25) is 5.91 Å². The van der Waals surface area contributed by atoms with E-state index in [1.165, 1.54) is 6.08 Å². The van der Waals surface area contributed by atoms with Crippen molar-refractivity contribution in [2.24, 2.45) is 0 Å². The third-order valence-corrected chi connectivity index (χ3v) is 3.07. The SMILES string of the molecule is COC(C)CCC(=O)NCc1ccc(/C=C/C(=O)O)cc1. The number of hydrogen-bond donors (Lipinski definition) is 2. The molecule has 0 bridgehead atoms. The van der Waals surface area contributed by atoms with Gasteiger partial charge in [0.1, 0.15) is 0 Å². The van der Waals surface area contributed by atoms with Crippen LogP contribution in [0.15, 0.2) is 30.3 Å². The number of rotatable bonds is 8. The van der Waals surface area contributed by atoms with Gasteiger partial charge in [0.15, 0.2) is 0 Å². The summed E-state index contributed by atoms with van der Waals surface area (Å²) in [4.78, 5) is 22.0. The summed E-state index contributed by atoms with van der Waals surface area (Å²) in [6.45, 7) is 2.39. The van der Waals surface area contributed by atoms with Crippen molar-refractivity contribution in [1.29, 1.82) is 0 Å². The summed E-state index contributed by atoms with van der Waals surface area (Å²) in [5.74, 6) is -0.981. The molecule has 0 radical (unpaired) electrons. The number of benzene rings is 1. The van der Waals surface area contributed by atoms with Crippen LogP contribution in [0.5, 0.6) is 0 Å². The second-order valence-corrected chi connectivity index (χ2v) is 4.77. The molecule has 21 heavy (non-hydrogen) atoms. The van der Waals surface area contributed by atoms with E-state index >= 15 is 0 Å². The maximum atomic E-state index is 11.6. The molecule has 114 valence electrons. The van der Waals surface area contributed by atoms with Crippen LogP contribution in [0.4, 0.5) is 0 Å². The van der Waals surface area contributed by atoms with Crippen molar-refractivity contribution in [3.63, 3.8) is 0 Å². The molecule has 0 fully saturated rings. The Bertz CT molecular complexity index is 494. The summed E-state index contributed by atoms with van der Waals surface area (Å²) in [6.07, 6.45) is 3.83. The number of amides is 1. The van der Waals surface area contributed by atoms with Crippen LogP contribution in [0.3, 0.4) is 0 Å². The van der Waals surface area contributed by atoms with E-state index in [9.17, 15) is 9.59 Å². The van der Waals surface area contributed by atoms with Crippen LogP contribution in [0.1, 0.15) is 30.9 Å². The summed E-state index contributed by atoms with van der Waals surface area (Å²) in [7, 11) is 1.63. The highest BCUT2D eigenvalue weighted by Gasteiger charge is 2.05. The Morgan fingerprint density at radius 3 is 2.57 bits per heavy atom. The van der Waals surface area contributed by atoms with Gasteiger partial charge in [-0.2, -0.15) is 0 Å². The van der Waals surface area contributed by atoms with Crippen molar-refractivity contribution in [3.05, 3.63) is 41.5 Å². The lowest BCUT2D eigenvalue weighted by Gasteiger charge is -2.09. The molecule has 0 aliphatic carbocycles. The lowest BCUT2D eigenvalue weighted by atomic mass is 10.1. The second-order valence-electron chi connectivity index (χ2n) is 4.77. The smallest absolute Gasteiger partial charge is 0.328 e. The summed E-state index contributed by atoms with van der Waals surface area (Å²) < 4.78 is 5.09. The molecule has 0 saturated carbocycles. The van der Waals surface area contributed by atoms with Gasteiger partial charge in [0.25, 0.3) is 0 Å². The molecule has 2 N–H and O–H groups in total. The van der Waals surface area contributed by atoms with Gasteiger partial charge in [-0.1, -0.05) is 24.3 Å². The Balaban J connectivity index is 2.38. The molecule has 5 heteroatoms. The van der Waals surface area contributed by atoms with E-state index in [0.29, 0.717) is 19.4 Å². The zero-order valence-corrected chi connectivity index (χ0v) is 12.3. The Morgan fingerprint density at radius 1 is 1.33 bits per heavy atom. The highest BCUT2D eigenvalue weighted by Crippen LogP contribution is 2.06. The first kappa shape index (κ1) is 16.9. The van der Waals surface area contributed by atoms with Gasteiger partial charge in [-0.05, 0) is 30.5 Å². The first-order valence-corrected chi connectivity index (χ1v) is 6.80. The van der Waals surface area contributed by atoms with Gasteiger partial charge < -0.3 is 15.2 Å². The fraction of sp³-hybridized carbons (Fsp3) is 0.375. The van der Waals surface area contributed by atoms with E-state index in [1.54, 1.807) is 7.11 Å². The predicted octanol–water partition coefficient (Wildman–Crippen LogP) is 2.22. The van der Waals surface area contributed by atoms with E-state index in [0.717, 1.165) is 17.2 Å². The molecule has 1 amide bonds. The maximum absolute atomic E-state index is 11.6. The number of carboxylic acids is 1. The van der Waals surface area contributed by atoms with E-state index in [1.807, 2.05) is 31.2 Å². The highest BCUT2D eigenvalue weighted by atomic mass is 16.5. The lowest BCUT2D eigenvalue weighted by Crippen LogP contribution is -2.23. The zero-order valence-electron chi connectivity index (χ0n) is 12.3. The van der Waals surface area contributed by atoms with Crippen LogP contribution in [-0.4, -0.2) is 30.2 Å². The molecule has 1 unspecified atom stereocenters. The molecule has 0 aliphatic rings. The monoisotopic (exact) mass is 291 g/mol. The van der Waals surface area contributed by atoms with Crippen LogP contribution in [0, 0.1) is 0 Å². The number of carbonyl (C=O) groups excluding carboxylic acids is 1. The standard InChI is InChI=1S/C16H21NO4/c1-12(21-2)3-9-15(18)17-11-14-6-4-13(5-7-14)8-10-16(19)20/h4-8,10,12H,3,9,11H2,1-2H3,(H,17,18)(H,19,20)/b10-8+. The van der Waals surface area contributed by atoms with Gasteiger partial charge in [-0.3, -0.25) is 4.79 Å². The van der Waals surface area contributed by atoms with Crippen LogP contribution < -0.4 is 5.32 Å². The third kappa shape index (κ3) is 7.27. The van der Waals surface area contributed by atoms with Gasteiger partial charge in [0.05, 0.1) is 6.10 Å². The van der Waals surface area contributed by atoms with E-state index in [4.69, 9.17) is 9.84 Å². The van der Waals surface area contributed by atoms with Crippen LogP contribution >= 0.6 is 0 Å². The molecule has 5 nitrogen and oxygen atoms in total. The van der Waals surface area contributed by atoms with Gasteiger partial charge >= 0.3 is 5.97 Å². The first-order chi connectivity index (χ1) is 10.0. The number of carboxylic acid groups (broad SMARTS) is 1. The quantitative estimate of drug-likeness (QED) is 0.720. The minimum absolute atomic E-state index is 0.00579. The normalized spacial score (nSPS) is 12.3. The third-order valence-electron chi connectivity index (χ3n) is 3.07. The Hall–Kier alpha value is -2.14. The molecule has 0 heterocycles. The molecular weight excluding hydrogens is 270 g/mol. The van der Waals surface area contributed by atoms with Crippen molar-refractivity contribution >= 4 is 18.0 Å². The van der Waals surface area contributed by atoms with E-state index in [2.05, 4.69) is 5.32 Å². The number of aliphatic carboxylic acids is 1. The molecule has 1 aromatic rings. The van der Waals surface area contributed by atoms with E-state index in [-0.39, 0.29) is 12.0 Å². The van der Waals surface area contributed by atoms with Crippen LogP contribution in [0.2, 0.25) is 0 Å². The van der Waals surface area contributed by atoms with Crippen molar-refractivity contribution in [1.82, 2.24) is 5.32 Å². The van der Waals surface area contributed by atoms with Crippen molar-refractivity contribution in [3.8, 4) is 0 Å². The number of hydrogen-bond acceptors (Lipinski definition) is 3. The minimum atomic E-state index is -0.975. The van der Waals surface area contributed by atoms with Crippen molar-refractivity contribution in [2.45, 2.75) is 32.4 Å². The van der Waals surface area contributed by atoms with Crippen LogP contribution in [0.25, 0.3) is 6.08 Å². The van der Waals surface area contributed by atoms with E-state index < -0.39 is 5.97 Å². The summed E-state index contributed by atoms with van der Waals surface area (Å²) in [5.41, 5.74) is 1.78. The van der Waals surface area contributed by atoms with Crippen molar-refractivity contribution < 1.29 is 19.4 Å². The van der Waals surface area contributed by atoms with Gasteiger partial charge in [0, 0.05) is 26.2 Å².